The number of nitrogens with two attached hydrogens (primary N) is 1. The van der Waals surface area contributed by atoms with Gasteiger partial charge >= 0.3 is 19.8 Å². The van der Waals surface area contributed by atoms with Crippen molar-refractivity contribution in [2.75, 3.05) is 26.4 Å². The van der Waals surface area contributed by atoms with Gasteiger partial charge < -0.3 is 20.1 Å². The molecule has 0 saturated heterocycles. The number of allylic oxidation sites excluding steroid dienone is 26. The van der Waals surface area contributed by atoms with Crippen LogP contribution in [0.1, 0.15) is 232 Å². The van der Waals surface area contributed by atoms with Gasteiger partial charge in [-0.25, -0.2) is 4.57 Å². The highest BCUT2D eigenvalue weighted by Gasteiger charge is 2.26. The molecule has 0 fully saturated rings. The van der Waals surface area contributed by atoms with E-state index in [1.807, 2.05) is 0 Å². The highest BCUT2D eigenvalue weighted by molar-refractivity contribution is 7.47. The highest BCUT2D eigenvalue weighted by Crippen LogP contribution is 2.43. The highest BCUT2D eigenvalue weighted by atomic mass is 31.2. The summed E-state index contributed by atoms with van der Waals surface area (Å²) in [4.78, 5) is 35.2. The third-order valence-electron chi connectivity index (χ3n) is 12.4. The Balaban J connectivity index is 4.02. The second-order valence-electron chi connectivity index (χ2n) is 19.8. The van der Waals surface area contributed by atoms with Crippen molar-refractivity contribution >= 4 is 19.8 Å². The van der Waals surface area contributed by atoms with Crippen LogP contribution in [0, 0.1) is 0 Å². The first-order valence-electron chi connectivity index (χ1n) is 31.0. The molecule has 0 saturated carbocycles. The molecular weight excluding hydrogens is 1000 g/mol. The summed E-state index contributed by atoms with van der Waals surface area (Å²) in [6.07, 6.45) is 91.6. The zero-order valence-corrected chi connectivity index (χ0v) is 50.7. The standard InChI is InChI=1S/C69H112NO8P/c1-3-5-7-9-11-13-15-17-19-21-22-23-24-25-26-27-28-29-30-31-32-33-34-35-36-37-38-39-40-41-42-43-44-46-48-50-52-54-56-58-60-62-69(72)78-67(66-77-79(73,74)76-64-63-70)65-75-68(71)61-59-57-55-53-51-49-47-45-20-18-16-14-12-10-8-6-4-2/h5,7,11-14,17-20,22-23,25-26,28-29,31-32,34-35,37-38,40-41,43-44,67H,3-4,6,8-10,15-16,21,24,27,30,33,36,39,42,45-66,70H2,1-2H3,(H,73,74)/b7-5-,13-11-,14-12-,19-17-,20-18-,23-22-,26-25-,29-28-,32-31-,35-34-,38-37-,41-40-,44-43-. The van der Waals surface area contributed by atoms with Crippen LogP contribution >= 0.6 is 7.82 Å². The van der Waals surface area contributed by atoms with Gasteiger partial charge in [-0.15, -0.1) is 0 Å². The molecule has 0 amide bonds. The first-order chi connectivity index (χ1) is 38.8. The van der Waals surface area contributed by atoms with Crippen LogP contribution in [0.25, 0.3) is 0 Å². The molecule has 0 aromatic rings. The predicted molar refractivity (Wildman–Crippen MR) is 339 cm³/mol. The van der Waals surface area contributed by atoms with Gasteiger partial charge in [-0.2, -0.15) is 0 Å². The minimum Gasteiger partial charge on any atom is -0.462 e. The van der Waals surface area contributed by atoms with Crippen LogP contribution in [0.15, 0.2) is 158 Å². The zero-order valence-electron chi connectivity index (χ0n) is 49.8. The van der Waals surface area contributed by atoms with Crippen LogP contribution in [-0.2, 0) is 32.7 Å². The molecule has 10 heteroatoms. The molecule has 0 aliphatic rings. The predicted octanol–water partition coefficient (Wildman–Crippen LogP) is 20.1. The smallest absolute Gasteiger partial charge is 0.462 e. The van der Waals surface area contributed by atoms with Crippen molar-refractivity contribution in [1.82, 2.24) is 0 Å². The molecule has 0 radical (unpaired) electrons. The molecule has 0 aromatic heterocycles. The van der Waals surface area contributed by atoms with Crippen molar-refractivity contribution in [3.8, 4) is 0 Å². The van der Waals surface area contributed by atoms with E-state index in [0.717, 1.165) is 135 Å². The van der Waals surface area contributed by atoms with Crippen molar-refractivity contribution in [3.05, 3.63) is 158 Å². The molecule has 0 bridgehead atoms. The third kappa shape index (κ3) is 62.7. The van der Waals surface area contributed by atoms with Crippen molar-refractivity contribution in [3.63, 3.8) is 0 Å². The van der Waals surface area contributed by atoms with E-state index in [9.17, 15) is 19.0 Å². The van der Waals surface area contributed by atoms with Crippen LogP contribution in [0.3, 0.4) is 0 Å². The number of hydrogen-bond acceptors (Lipinski definition) is 8. The van der Waals surface area contributed by atoms with Gasteiger partial charge in [0.1, 0.15) is 6.61 Å². The Morgan fingerprint density at radius 3 is 1.04 bits per heavy atom. The molecule has 2 unspecified atom stereocenters. The molecule has 0 aliphatic heterocycles. The molecule has 446 valence electrons. The van der Waals surface area contributed by atoms with Crippen molar-refractivity contribution < 1.29 is 37.6 Å². The first kappa shape index (κ1) is 74.6. The second-order valence-corrected chi connectivity index (χ2v) is 21.3. The van der Waals surface area contributed by atoms with Gasteiger partial charge in [0.2, 0.25) is 0 Å². The molecule has 0 rings (SSSR count). The van der Waals surface area contributed by atoms with Gasteiger partial charge in [-0.3, -0.25) is 18.6 Å². The summed E-state index contributed by atoms with van der Waals surface area (Å²) in [6, 6.07) is 0. The van der Waals surface area contributed by atoms with Crippen molar-refractivity contribution in [1.29, 1.82) is 0 Å². The summed E-state index contributed by atoms with van der Waals surface area (Å²) in [7, 11) is -4.40. The topological polar surface area (TPSA) is 134 Å². The summed E-state index contributed by atoms with van der Waals surface area (Å²) in [5.74, 6) is -0.859. The Hall–Kier alpha value is -4.37. The lowest BCUT2D eigenvalue weighted by atomic mass is 10.1. The number of carbonyl (C=O) groups is 2. The zero-order chi connectivity index (χ0) is 57.3. The fraction of sp³-hybridized carbons (Fsp3) is 0.594. The fourth-order valence-electron chi connectivity index (χ4n) is 7.85. The molecule has 0 heterocycles. The normalized spacial score (nSPS) is 14.1. The quantitative estimate of drug-likeness (QED) is 0.0264. The lowest BCUT2D eigenvalue weighted by molar-refractivity contribution is -0.161. The van der Waals surface area contributed by atoms with E-state index in [1.54, 1.807) is 0 Å². The van der Waals surface area contributed by atoms with E-state index in [2.05, 4.69) is 172 Å². The number of ether oxygens (including phenoxy) is 2. The van der Waals surface area contributed by atoms with Crippen LogP contribution in [0.2, 0.25) is 0 Å². The second kappa shape index (κ2) is 62.8. The fourth-order valence-corrected chi connectivity index (χ4v) is 8.61. The molecule has 3 N–H and O–H groups in total. The third-order valence-corrected chi connectivity index (χ3v) is 13.4. The Kier molecular flexibility index (Phi) is 59.3. The maximum atomic E-state index is 12.7. The van der Waals surface area contributed by atoms with Gasteiger partial charge in [0.15, 0.2) is 6.10 Å². The number of carbonyl (C=O) groups excluding carboxylic acids is 2. The number of phosphoric acid groups is 1. The van der Waals surface area contributed by atoms with E-state index >= 15 is 0 Å². The summed E-state index contributed by atoms with van der Waals surface area (Å²) < 4.78 is 33.0. The lowest BCUT2D eigenvalue weighted by Crippen LogP contribution is -2.29. The van der Waals surface area contributed by atoms with Gasteiger partial charge in [-0.1, -0.05) is 249 Å². The number of esters is 2. The van der Waals surface area contributed by atoms with Crippen molar-refractivity contribution in [2.45, 2.75) is 238 Å². The molecule has 0 spiro atoms. The summed E-state index contributed by atoms with van der Waals surface area (Å²) in [5, 5.41) is 0. The lowest BCUT2D eigenvalue weighted by Gasteiger charge is -2.19. The Bertz CT molecular complexity index is 1850. The van der Waals surface area contributed by atoms with Gasteiger partial charge in [0, 0.05) is 19.4 Å². The average molecular weight is 1110 g/mol. The van der Waals surface area contributed by atoms with Crippen LogP contribution in [-0.4, -0.2) is 49.3 Å². The number of rotatable bonds is 56. The van der Waals surface area contributed by atoms with E-state index in [1.165, 1.54) is 57.8 Å². The van der Waals surface area contributed by atoms with Crippen LogP contribution in [0.4, 0.5) is 0 Å². The summed E-state index contributed by atoms with van der Waals surface area (Å²) in [6.45, 7) is 3.56. The van der Waals surface area contributed by atoms with E-state index in [0.29, 0.717) is 12.8 Å². The molecular formula is C69H112NO8P. The van der Waals surface area contributed by atoms with Gasteiger partial charge in [-0.05, 0) is 128 Å². The Labute approximate surface area is 483 Å². The molecule has 0 aromatic carbocycles. The van der Waals surface area contributed by atoms with E-state index < -0.39 is 32.5 Å². The Morgan fingerprint density at radius 2 is 0.696 bits per heavy atom. The minimum absolute atomic E-state index is 0.0425. The minimum atomic E-state index is -4.40. The molecule has 2 atom stereocenters. The summed E-state index contributed by atoms with van der Waals surface area (Å²) >= 11 is 0. The monoisotopic (exact) mass is 1110 g/mol. The first-order valence-corrected chi connectivity index (χ1v) is 32.5. The number of unbranched alkanes of at least 4 members (excludes halogenated alkanes) is 17. The number of phosphoric ester groups is 1. The molecule has 79 heavy (non-hydrogen) atoms. The summed E-state index contributed by atoms with van der Waals surface area (Å²) in [5.41, 5.74) is 5.38. The van der Waals surface area contributed by atoms with Crippen molar-refractivity contribution in [2.24, 2.45) is 5.73 Å². The van der Waals surface area contributed by atoms with E-state index in [-0.39, 0.29) is 32.6 Å². The Morgan fingerprint density at radius 1 is 0.392 bits per heavy atom. The SMILES string of the molecule is CC/C=C\C/C=C\C/C=C\C/C=C\C/C=C\C/C=C\C/C=C\C/C=C\C/C=C\C/C=C\C/C=C\CCCCCCCCCC(=O)OC(COC(=O)CCCCCCCCC/C=C\C/C=C\CCCCC)COP(=O)(O)OCCN. The largest absolute Gasteiger partial charge is 0.472 e. The average Bonchev–Trinajstić information content (AvgIpc) is 3.44. The maximum Gasteiger partial charge on any atom is 0.472 e. The maximum absolute atomic E-state index is 12.7. The van der Waals surface area contributed by atoms with Crippen LogP contribution < -0.4 is 5.73 Å². The molecule has 9 nitrogen and oxygen atoms in total. The molecule has 0 aliphatic carbocycles. The van der Waals surface area contributed by atoms with E-state index in [4.69, 9.17) is 24.3 Å². The van der Waals surface area contributed by atoms with Crippen LogP contribution in [0.5, 0.6) is 0 Å². The van der Waals surface area contributed by atoms with Gasteiger partial charge in [0.25, 0.3) is 0 Å². The van der Waals surface area contributed by atoms with Gasteiger partial charge in [0.05, 0.1) is 13.2 Å². The number of hydrogen-bond donors (Lipinski definition) is 2.